The molecule has 1 fully saturated rings. The van der Waals surface area contributed by atoms with E-state index in [1.165, 1.54) is 19.3 Å². The van der Waals surface area contributed by atoms with E-state index >= 15 is 0 Å². The maximum absolute atomic E-state index is 6.00. The Balaban J connectivity index is 1.95. The van der Waals surface area contributed by atoms with Gasteiger partial charge in [0.1, 0.15) is 11.6 Å². The molecule has 0 aliphatic heterocycles. The van der Waals surface area contributed by atoms with Crippen molar-refractivity contribution in [3.8, 4) is 5.88 Å². The summed E-state index contributed by atoms with van der Waals surface area (Å²) in [5, 5.41) is 3.40. The summed E-state index contributed by atoms with van der Waals surface area (Å²) in [5.41, 5.74) is 0. The van der Waals surface area contributed by atoms with Crippen LogP contribution in [0.2, 0.25) is 0 Å². The van der Waals surface area contributed by atoms with Crippen LogP contribution in [-0.4, -0.2) is 29.0 Å². The van der Waals surface area contributed by atoms with Crippen molar-refractivity contribution in [3.05, 3.63) is 11.9 Å². The minimum Gasteiger partial charge on any atom is -0.478 e. The molecule has 5 heteroatoms. The van der Waals surface area contributed by atoms with Crippen molar-refractivity contribution in [3.63, 3.8) is 0 Å². The largest absolute Gasteiger partial charge is 0.478 e. The van der Waals surface area contributed by atoms with Crippen molar-refractivity contribution in [1.82, 2.24) is 9.97 Å². The number of alkyl halides is 1. The van der Waals surface area contributed by atoms with Crippen LogP contribution >= 0.6 is 11.6 Å². The zero-order valence-corrected chi connectivity index (χ0v) is 12.4. The van der Waals surface area contributed by atoms with E-state index < -0.39 is 0 Å². The zero-order chi connectivity index (χ0) is 13.7. The van der Waals surface area contributed by atoms with Crippen LogP contribution in [0.3, 0.4) is 0 Å². The molecule has 1 N–H and O–H groups in total. The lowest BCUT2D eigenvalue weighted by Crippen LogP contribution is -2.20. The van der Waals surface area contributed by atoms with Crippen LogP contribution in [0.1, 0.15) is 32.0 Å². The van der Waals surface area contributed by atoms with Crippen molar-refractivity contribution >= 4 is 17.4 Å². The third-order valence-corrected chi connectivity index (χ3v) is 4.06. The predicted octanol–water partition coefficient (Wildman–Crippen LogP) is 3.25. The Bertz CT molecular complexity index is 414. The standard InChI is InChI=1S/C14H22ClN3O/c1-3-19-14-7-13(17-10(2)18-14)16-9-12-6-4-5-11(12)8-15/h7,11-12H,3-6,8-9H2,1-2H3,(H,16,17,18). The summed E-state index contributed by atoms with van der Waals surface area (Å²) in [6.45, 7) is 5.38. The Kier molecular flexibility index (Phi) is 5.25. The molecule has 0 radical (unpaired) electrons. The summed E-state index contributed by atoms with van der Waals surface area (Å²) in [4.78, 5) is 8.63. The van der Waals surface area contributed by atoms with Crippen LogP contribution in [-0.2, 0) is 0 Å². The molecule has 106 valence electrons. The van der Waals surface area contributed by atoms with Crippen LogP contribution in [0.25, 0.3) is 0 Å². The minimum atomic E-state index is 0.618. The fourth-order valence-electron chi connectivity index (χ4n) is 2.67. The quantitative estimate of drug-likeness (QED) is 0.814. The summed E-state index contributed by atoms with van der Waals surface area (Å²) in [7, 11) is 0. The molecule has 0 saturated heterocycles. The minimum absolute atomic E-state index is 0.618. The van der Waals surface area contributed by atoms with Gasteiger partial charge < -0.3 is 10.1 Å². The number of halogens is 1. The Labute approximate surface area is 119 Å². The molecule has 1 aromatic rings. The number of nitrogens with zero attached hydrogens (tertiary/aromatic N) is 2. The van der Waals surface area contributed by atoms with Crippen molar-refractivity contribution < 1.29 is 4.74 Å². The van der Waals surface area contributed by atoms with Gasteiger partial charge in [0.2, 0.25) is 5.88 Å². The molecule has 2 atom stereocenters. The smallest absolute Gasteiger partial charge is 0.218 e. The summed E-state index contributed by atoms with van der Waals surface area (Å²) >= 11 is 6.00. The Hall–Kier alpha value is -1.03. The average molecular weight is 284 g/mol. The highest BCUT2D eigenvalue weighted by Crippen LogP contribution is 2.32. The van der Waals surface area contributed by atoms with E-state index in [0.717, 1.165) is 24.1 Å². The number of nitrogens with one attached hydrogen (secondary N) is 1. The molecule has 0 amide bonds. The third kappa shape index (κ3) is 3.96. The monoisotopic (exact) mass is 283 g/mol. The molecule has 2 unspecified atom stereocenters. The van der Waals surface area contributed by atoms with Crippen LogP contribution in [0, 0.1) is 18.8 Å². The first-order valence-corrected chi connectivity index (χ1v) is 7.54. The molecule has 4 nitrogen and oxygen atoms in total. The van der Waals surface area contributed by atoms with E-state index in [0.29, 0.717) is 24.3 Å². The average Bonchev–Trinajstić information content (AvgIpc) is 2.83. The van der Waals surface area contributed by atoms with Crippen LogP contribution in [0.4, 0.5) is 5.82 Å². The lowest BCUT2D eigenvalue weighted by Gasteiger charge is -2.18. The van der Waals surface area contributed by atoms with Crippen LogP contribution in [0.5, 0.6) is 5.88 Å². The van der Waals surface area contributed by atoms with E-state index in [9.17, 15) is 0 Å². The second kappa shape index (κ2) is 6.94. The van der Waals surface area contributed by atoms with Crippen LogP contribution < -0.4 is 10.1 Å². The Morgan fingerprint density at radius 1 is 1.37 bits per heavy atom. The number of ether oxygens (including phenoxy) is 1. The molecule has 19 heavy (non-hydrogen) atoms. The second-order valence-electron chi connectivity index (χ2n) is 5.06. The van der Waals surface area contributed by atoms with Gasteiger partial charge in [-0.15, -0.1) is 11.6 Å². The van der Waals surface area contributed by atoms with Gasteiger partial charge in [0, 0.05) is 18.5 Å². The van der Waals surface area contributed by atoms with Gasteiger partial charge in [0.15, 0.2) is 0 Å². The third-order valence-electron chi connectivity index (χ3n) is 3.67. The van der Waals surface area contributed by atoms with Gasteiger partial charge in [-0.3, -0.25) is 0 Å². The van der Waals surface area contributed by atoms with Crippen LogP contribution in [0.15, 0.2) is 6.07 Å². The van der Waals surface area contributed by atoms with Gasteiger partial charge >= 0.3 is 0 Å². The summed E-state index contributed by atoms with van der Waals surface area (Å²) in [6, 6.07) is 1.86. The molecule has 0 spiro atoms. The molecule has 0 aromatic carbocycles. The van der Waals surface area contributed by atoms with Gasteiger partial charge in [0.05, 0.1) is 6.61 Å². The highest BCUT2D eigenvalue weighted by molar-refractivity contribution is 6.18. The number of rotatable bonds is 6. The molecular weight excluding hydrogens is 262 g/mol. The van der Waals surface area contributed by atoms with Crippen molar-refractivity contribution in [2.75, 3.05) is 24.3 Å². The van der Waals surface area contributed by atoms with Gasteiger partial charge in [-0.2, -0.15) is 4.98 Å². The van der Waals surface area contributed by atoms with E-state index in [2.05, 4.69) is 15.3 Å². The van der Waals surface area contributed by atoms with Crippen molar-refractivity contribution in [2.45, 2.75) is 33.1 Å². The predicted molar refractivity (Wildman–Crippen MR) is 78.0 cm³/mol. The van der Waals surface area contributed by atoms with E-state index in [1.54, 1.807) is 0 Å². The van der Waals surface area contributed by atoms with E-state index in [4.69, 9.17) is 16.3 Å². The summed E-state index contributed by atoms with van der Waals surface area (Å²) in [5.74, 6) is 4.27. The van der Waals surface area contributed by atoms with Crippen molar-refractivity contribution in [2.24, 2.45) is 11.8 Å². The Morgan fingerprint density at radius 2 is 2.16 bits per heavy atom. The molecule has 2 rings (SSSR count). The number of aryl methyl sites for hydroxylation is 1. The van der Waals surface area contributed by atoms with Gasteiger partial charge in [-0.05, 0) is 38.5 Å². The maximum atomic E-state index is 6.00. The number of hydrogen-bond donors (Lipinski definition) is 1. The normalized spacial score (nSPS) is 22.5. The van der Waals surface area contributed by atoms with E-state index in [1.807, 2.05) is 19.9 Å². The summed E-state index contributed by atoms with van der Waals surface area (Å²) < 4.78 is 5.43. The van der Waals surface area contributed by atoms with Gasteiger partial charge in [-0.25, -0.2) is 4.98 Å². The maximum Gasteiger partial charge on any atom is 0.218 e. The zero-order valence-electron chi connectivity index (χ0n) is 11.7. The fraction of sp³-hybridized carbons (Fsp3) is 0.714. The molecule has 1 aromatic heterocycles. The number of aromatic nitrogens is 2. The molecular formula is C14H22ClN3O. The van der Waals surface area contributed by atoms with E-state index in [-0.39, 0.29) is 0 Å². The first kappa shape index (κ1) is 14.4. The van der Waals surface area contributed by atoms with Gasteiger partial charge in [-0.1, -0.05) is 6.42 Å². The highest BCUT2D eigenvalue weighted by Gasteiger charge is 2.26. The first-order chi connectivity index (χ1) is 9.22. The molecule has 1 heterocycles. The lowest BCUT2D eigenvalue weighted by atomic mass is 9.98. The number of hydrogen-bond acceptors (Lipinski definition) is 4. The van der Waals surface area contributed by atoms with Gasteiger partial charge in [0.25, 0.3) is 0 Å². The Morgan fingerprint density at radius 3 is 2.89 bits per heavy atom. The van der Waals surface area contributed by atoms with Crippen molar-refractivity contribution in [1.29, 1.82) is 0 Å². The fourth-order valence-corrected chi connectivity index (χ4v) is 3.08. The molecule has 1 saturated carbocycles. The topological polar surface area (TPSA) is 47.0 Å². The molecule has 1 aliphatic carbocycles. The highest BCUT2D eigenvalue weighted by atomic mass is 35.5. The molecule has 1 aliphatic rings. The SMILES string of the molecule is CCOc1cc(NCC2CCCC2CCl)nc(C)n1. The second-order valence-corrected chi connectivity index (χ2v) is 5.37. The molecule has 0 bridgehead atoms. The summed E-state index contributed by atoms with van der Waals surface area (Å²) in [6.07, 6.45) is 3.80. The first-order valence-electron chi connectivity index (χ1n) is 7.01. The lowest BCUT2D eigenvalue weighted by molar-refractivity contribution is 0.325. The number of anilines is 1.